The molecule has 3 heterocycles. The Kier molecular flexibility index (Phi) is 7.54. The Balaban J connectivity index is 1.01. The van der Waals surface area contributed by atoms with Crippen LogP contribution in [0.3, 0.4) is 0 Å². The molecule has 0 radical (unpaired) electrons. The number of nitrogens with zero attached hydrogens (tertiary/aromatic N) is 4. The number of nitrogens with two attached hydrogens (primary N) is 2. The van der Waals surface area contributed by atoms with E-state index in [2.05, 4.69) is 31.8 Å². The predicted octanol–water partition coefficient (Wildman–Crippen LogP) is 4.82. The van der Waals surface area contributed by atoms with Crippen molar-refractivity contribution in [3.8, 4) is 0 Å². The van der Waals surface area contributed by atoms with Crippen LogP contribution in [-0.2, 0) is 20.4 Å². The van der Waals surface area contributed by atoms with Gasteiger partial charge < -0.3 is 35.7 Å². The Hall–Kier alpha value is -3.42. The molecule has 4 atom stereocenters. The second kappa shape index (κ2) is 10.9. The molecule has 3 aromatic rings. The van der Waals surface area contributed by atoms with E-state index in [-0.39, 0.29) is 47.9 Å². The van der Waals surface area contributed by atoms with Gasteiger partial charge in [-0.1, -0.05) is 0 Å². The van der Waals surface area contributed by atoms with Crippen LogP contribution in [0.5, 0.6) is 0 Å². The lowest BCUT2D eigenvalue weighted by Gasteiger charge is -2.42. The zero-order valence-corrected chi connectivity index (χ0v) is 24.5. The van der Waals surface area contributed by atoms with Crippen molar-refractivity contribution >= 4 is 34.1 Å². The maximum Gasteiger partial charge on any atom is 0.416 e. The minimum absolute atomic E-state index is 0.0451. The first kappa shape index (κ1) is 29.6. The molecule has 1 saturated heterocycles. The molecule has 0 unspecified atom stereocenters. The van der Waals surface area contributed by atoms with E-state index in [0.29, 0.717) is 24.2 Å². The van der Waals surface area contributed by atoms with Gasteiger partial charge in [0.05, 0.1) is 34.5 Å². The molecule has 1 aliphatic heterocycles. The van der Waals surface area contributed by atoms with Crippen molar-refractivity contribution in [1.82, 2.24) is 19.4 Å². The van der Waals surface area contributed by atoms with Gasteiger partial charge in [0.15, 0.2) is 5.79 Å². The third-order valence-corrected chi connectivity index (χ3v) is 9.24. The second-order valence-corrected chi connectivity index (χ2v) is 12.7. The highest BCUT2D eigenvalue weighted by molar-refractivity contribution is 5.93. The zero-order chi connectivity index (χ0) is 30.7. The normalized spacial score (nSPS) is 28.3. The van der Waals surface area contributed by atoms with E-state index in [0.717, 1.165) is 49.0 Å². The Bertz CT molecular complexity index is 1500. The quantitative estimate of drug-likeness (QED) is 0.313. The number of carbonyl (C=O) groups excluding carboxylic acids is 1. The number of anilines is 3. The summed E-state index contributed by atoms with van der Waals surface area (Å²) < 4.78 is 53.6. The molecule has 0 bridgehead atoms. The maximum absolute atomic E-state index is 12.9. The fourth-order valence-electron chi connectivity index (χ4n) is 6.98. The average Bonchev–Trinajstić information content (AvgIpc) is 3.55. The van der Waals surface area contributed by atoms with E-state index in [1.165, 1.54) is 12.4 Å². The predicted molar refractivity (Wildman–Crippen MR) is 156 cm³/mol. The molecule has 2 aliphatic carbocycles. The van der Waals surface area contributed by atoms with E-state index in [4.69, 9.17) is 20.9 Å². The number of aromatic nitrogens is 3. The average molecular weight is 602 g/mol. The van der Waals surface area contributed by atoms with E-state index in [1.807, 2.05) is 26.1 Å². The molecule has 3 aliphatic rings. The van der Waals surface area contributed by atoms with Crippen LogP contribution in [-0.4, -0.2) is 63.0 Å². The SMILES string of the molecule is CN(C[C@H]1C[C@@H](n2ccc3c(N)ncnc32)[C@@H]2OC(C)(C)O[C@H]12)C1CC(CCC(=O)Nc2ccc(C(F)(F)F)cc2N)C1. The summed E-state index contributed by atoms with van der Waals surface area (Å²) in [7, 11) is 2.14. The molecule has 6 rings (SSSR count). The minimum Gasteiger partial charge on any atom is -0.397 e. The molecule has 3 fully saturated rings. The summed E-state index contributed by atoms with van der Waals surface area (Å²) in [5.74, 6) is 0.205. The Morgan fingerprint density at radius 2 is 1.88 bits per heavy atom. The van der Waals surface area contributed by atoms with Crippen LogP contribution < -0.4 is 16.8 Å². The number of halogens is 3. The van der Waals surface area contributed by atoms with Crippen LogP contribution in [0.25, 0.3) is 11.0 Å². The van der Waals surface area contributed by atoms with Gasteiger partial charge in [-0.3, -0.25) is 4.79 Å². The van der Waals surface area contributed by atoms with E-state index < -0.39 is 17.5 Å². The summed E-state index contributed by atoms with van der Waals surface area (Å²) in [5, 5.41) is 3.48. The van der Waals surface area contributed by atoms with Crippen molar-refractivity contribution in [2.24, 2.45) is 11.8 Å². The van der Waals surface area contributed by atoms with Gasteiger partial charge in [-0.15, -0.1) is 0 Å². The van der Waals surface area contributed by atoms with Crippen LogP contribution in [0, 0.1) is 11.8 Å². The number of alkyl halides is 3. The van der Waals surface area contributed by atoms with Crippen molar-refractivity contribution in [2.45, 2.75) is 82.2 Å². The van der Waals surface area contributed by atoms with E-state index in [9.17, 15) is 18.0 Å². The number of rotatable bonds is 8. The first-order chi connectivity index (χ1) is 20.3. The van der Waals surface area contributed by atoms with E-state index in [1.54, 1.807) is 0 Å². The number of benzene rings is 1. The zero-order valence-electron chi connectivity index (χ0n) is 24.5. The van der Waals surface area contributed by atoms with Crippen LogP contribution in [0.15, 0.2) is 36.8 Å². The number of fused-ring (bicyclic) bond motifs is 2. The van der Waals surface area contributed by atoms with Crippen LogP contribution >= 0.6 is 0 Å². The molecule has 5 N–H and O–H groups in total. The van der Waals surface area contributed by atoms with Gasteiger partial charge in [-0.25, -0.2) is 9.97 Å². The fraction of sp³-hybridized carbons (Fsp3) is 0.567. The summed E-state index contributed by atoms with van der Waals surface area (Å²) in [6.07, 6.45) is 2.71. The minimum atomic E-state index is -4.48. The monoisotopic (exact) mass is 601 g/mol. The number of hydrogen-bond acceptors (Lipinski definition) is 8. The summed E-state index contributed by atoms with van der Waals surface area (Å²) in [5.41, 5.74) is 11.9. The lowest BCUT2D eigenvalue weighted by Crippen LogP contribution is -2.46. The summed E-state index contributed by atoms with van der Waals surface area (Å²) in [4.78, 5) is 23.5. The number of amides is 1. The van der Waals surface area contributed by atoms with Gasteiger partial charge in [-0.05, 0) is 76.8 Å². The number of hydrogen-bond donors (Lipinski definition) is 3. The number of ether oxygens (including phenoxy) is 2. The molecule has 1 aromatic carbocycles. The van der Waals surface area contributed by atoms with Gasteiger partial charge in [-0.2, -0.15) is 13.2 Å². The molecule has 13 heteroatoms. The first-order valence-electron chi connectivity index (χ1n) is 14.7. The lowest BCUT2D eigenvalue weighted by atomic mass is 9.76. The lowest BCUT2D eigenvalue weighted by molar-refractivity contribution is -0.161. The van der Waals surface area contributed by atoms with Crippen LogP contribution in [0.2, 0.25) is 0 Å². The highest BCUT2D eigenvalue weighted by Gasteiger charge is 2.55. The summed E-state index contributed by atoms with van der Waals surface area (Å²) >= 11 is 0. The largest absolute Gasteiger partial charge is 0.416 e. The first-order valence-corrected chi connectivity index (χ1v) is 14.7. The highest BCUT2D eigenvalue weighted by Crippen LogP contribution is 2.48. The molecule has 10 nitrogen and oxygen atoms in total. The Labute approximate surface area is 247 Å². The summed E-state index contributed by atoms with van der Waals surface area (Å²) in [6.45, 7) is 4.77. The molecule has 43 heavy (non-hydrogen) atoms. The maximum atomic E-state index is 12.9. The molecule has 2 aromatic heterocycles. The second-order valence-electron chi connectivity index (χ2n) is 12.7. The van der Waals surface area contributed by atoms with Crippen molar-refractivity contribution in [3.63, 3.8) is 0 Å². The topological polar surface area (TPSA) is 134 Å². The molecule has 232 valence electrons. The van der Waals surface area contributed by atoms with Crippen molar-refractivity contribution < 1.29 is 27.4 Å². The Morgan fingerprint density at radius 3 is 2.60 bits per heavy atom. The van der Waals surface area contributed by atoms with Crippen LogP contribution in [0.4, 0.5) is 30.4 Å². The molecule has 1 amide bonds. The number of carbonyl (C=O) groups is 1. The standard InChI is InChI=1S/C30H38F3N7O3/c1-29(2)42-25-17(12-23(26(25)43-29)40-9-8-20-27(35)36-15-37-28(20)40)14-39(3)19-10-16(11-19)4-7-24(41)38-22-6-5-18(13-21(22)34)30(31,32)33/h5-6,8-9,13,15-17,19,23,25-26H,4,7,10-12,14,34H2,1-3H3,(H,38,41)(H2,35,36,37)/t16?,17-,19?,23-,25-,26+/m1/s1. The summed E-state index contributed by atoms with van der Waals surface area (Å²) in [6, 6.07) is 5.38. The van der Waals surface area contributed by atoms with Crippen molar-refractivity contribution in [1.29, 1.82) is 0 Å². The van der Waals surface area contributed by atoms with Gasteiger partial charge in [0.1, 0.15) is 23.9 Å². The third-order valence-electron chi connectivity index (χ3n) is 9.24. The number of nitrogens with one attached hydrogen (secondary N) is 1. The van der Waals surface area contributed by atoms with E-state index >= 15 is 0 Å². The van der Waals surface area contributed by atoms with Crippen molar-refractivity contribution in [2.75, 3.05) is 30.4 Å². The smallest absolute Gasteiger partial charge is 0.397 e. The van der Waals surface area contributed by atoms with Gasteiger partial charge in [0.25, 0.3) is 0 Å². The molecular weight excluding hydrogens is 563 g/mol. The molecule has 0 spiro atoms. The molecular formula is C30H38F3N7O3. The Morgan fingerprint density at radius 1 is 1.14 bits per heavy atom. The number of nitrogen functional groups attached to an aromatic ring is 2. The van der Waals surface area contributed by atoms with Crippen molar-refractivity contribution in [3.05, 3.63) is 42.4 Å². The van der Waals surface area contributed by atoms with Gasteiger partial charge in [0, 0.05) is 31.1 Å². The molecule has 2 saturated carbocycles. The third kappa shape index (κ3) is 5.89. The highest BCUT2D eigenvalue weighted by atomic mass is 19.4. The fourth-order valence-corrected chi connectivity index (χ4v) is 6.98. The van der Waals surface area contributed by atoms with Crippen LogP contribution in [0.1, 0.15) is 57.6 Å². The van der Waals surface area contributed by atoms with Gasteiger partial charge in [0.2, 0.25) is 5.91 Å². The van der Waals surface area contributed by atoms with Gasteiger partial charge >= 0.3 is 6.18 Å².